The van der Waals surface area contributed by atoms with Gasteiger partial charge in [0.1, 0.15) is 0 Å². The molecule has 0 unspecified atom stereocenters. The molecule has 3 aromatic carbocycles. The molecule has 0 atom stereocenters. The average Bonchev–Trinajstić information content (AvgIpc) is 2.83. The van der Waals surface area contributed by atoms with Crippen LogP contribution in [0.25, 0.3) is 0 Å². The van der Waals surface area contributed by atoms with Crippen LogP contribution in [0.2, 0.25) is 0 Å². The van der Waals surface area contributed by atoms with Gasteiger partial charge in [0.25, 0.3) is 10.1 Å². The lowest BCUT2D eigenvalue weighted by Crippen LogP contribution is -2.39. The Bertz CT molecular complexity index is 1410. The van der Waals surface area contributed by atoms with Crippen molar-refractivity contribution in [1.29, 1.82) is 0 Å². The average molecular weight is 556 g/mol. The molecule has 0 aromatic heterocycles. The van der Waals surface area contributed by atoms with Crippen LogP contribution < -0.4 is 14.8 Å². The van der Waals surface area contributed by atoms with E-state index in [0.29, 0.717) is 22.9 Å². The van der Waals surface area contributed by atoms with Crippen molar-refractivity contribution in [3.8, 4) is 11.5 Å². The molecule has 0 aliphatic carbocycles. The van der Waals surface area contributed by atoms with Crippen molar-refractivity contribution in [2.75, 3.05) is 12.8 Å². The highest BCUT2D eigenvalue weighted by Gasteiger charge is 2.20. The van der Waals surface area contributed by atoms with E-state index in [1.165, 1.54) is 12.1 Å². The third-order valence-electron chi connectivity index (χ3n) is 5.02. The molecule has 0 heterocycles. The third-order valence-corrected chi connectivity index (χ3v) is 5.02. The Morgan fingerprint density at radius 2 is 1.13 bits per heavy atom. The Morgan fingerprint density at radius 1 is 0.744 bits per heavy atom. The maximum Gasteiger partial charge on any atom is 0.343 e. The number of carbonyl (C=O) groups is 3. The fraction of sp³-hybridized carbons (Fsp3) is 0.276. The number of nitrogens with one attached hydrogen (secondary N) is 1. The first-order valence-corrected chi connectivity index (χ1v) is 13.8. The molecule has 3 aromatic rings. The molecule has 0 aliphatic heterocycles. The van der Waals surface area contributed by atoms with Crippen molar-refractivity contribution in [2.45, 2.75) is 40.2 Å². The van der Waals surface area contributed by atoms with Crippen molar-refractivity contribution in [3.63, 3.8) is 0 Å². The van der Waals surface area contributed by atoms with E-state index in [0.717, 1.165) is 11.1 Å². The Morgan fingerprint density at radius 3 is 1.54 bits per heavy atom. The molecule has 9 nitrogen and oxygen atoms in total. The van der Waals surface area contributed by atoms with Crippen LogP contribution in [0.1, 0.15) is 63.0 Å². The molecule has 208 valence electrons. The van der Waals surface area contributed by atoms with Crippen LogP contribution in [0.5, 0.6) is 11.5 Å². The maximum absolute atomic E-state index is 12.7. The van der Waals surface area contributed by atoms with Gasteiger partial charge in [-0.15, -0.1) is 0 Å². The zero-order chi connectivity index (χ0) is 29.4. The van der Waals surface area contributed by atoms with Crippen molar-refractivity contribution in [3.05, 3.63) is 94.5 Å². The normalized spacial score (nSPS) is 11.2. The van der Waals surface area contributed by atoms with Gasteiger partial charge < -0.3 is 14.8 Å². The number of rotatable bonds is 7. The molecule has 0 spiro atoms. The summed E-state index contributed by atoms with van der Waals surface area (Å²) in [5, 5.41) is 3.14. The number of ether oxygens (including phenoxy) is 2. The summed E-state index contributed by atoms with van der Waals surface area (Å²) < 4.78 is 37.0. The van der Waals surface area contributed by atoms with E-state index in [1.54, 1.807) is 54.6 Å². The lowest BCUT2D eigenvalue weighted by Gasteiger charge is -2.20. The summed E-state index contributed by atoms with van der Waals surface area (Å²) in [7, 11) is -3.67. The second kappa shape index (κ2) is 13.3. The molecule has 0 bridgehead atoms. The topological polar surface area (TPSA) is 136 Å². The molecular weight excluding hydrogens is 522 g/mol. The predicted octanol–water partition coefficient (Wildman–Crippen LogP) is 4.82. The number of carbonyl (C=O) groups excluding carboxylic acids is 3. The number of hydrogen-bond acceptors (Lipinski definition) is 8. The Hall–Kier alpha value is -3.86. The molecule has 10 heteroatoms. The minimum absolute atomic E-state index is 0.00681. The van der Waals surface area contributed by atoms with E-state index in [1.807, 2.05) is 34.6 Å². The molecule has 2 N–H and O–H groups in total. The summed E-state index contributed by atoms with van der Waals surface area (Å²) in [5.74, 6) is -1.36. The van der Waals surface area contributed by atoms with E-state index in [9.17, 15) is 22.8 Å². The van der Waals surface area contributed by atoms with E-state index in [4.69, 9.17) is 14.0 Å². The SMILES string of the molecule is CS(=O)(=O)O.Cc1ccc(C(=O)Oc2ccc(C(=O)CNC(C)(C)C)cc2OC(=O)c2ccc(C)cc2)cc1. The van der Waals surface area contributed by atoms with Crippen molar-refractivity contribution < 1.29 is 36.8 Å². The molecule has 0 amide bonds. The fourth-order valence-electron chi connectivity index (χ4n) is 2.99. The molecule has 39 heavy (non-hydrogen) atoms. The highest BCUT2D eigenvalue weighted by molar-refractivity contribution is 7.85. The van der Waals surface area contributed by atoms with Gasteiger partial charge in [-0.1, -0.05) is 35.4 Å². The second-order valence-electron chi connectivity index (χ2n) is 9.93. The summed E-state index contributed by atoms with van der Waals surface area (Å²) in [6, 6.07) is 18.3. The Labute approximate surface area is 228 Å². The third kappa shape index (κ3) is 11.6. The summed E-state index contributed by atoms with van der Waals surface area (Å²) in [5.41, 5.74) is 2.81. The zero-order valence-corrected chi connectivity index (χ0v) is 23.6. The van der Waals surface area contributed by atoms with Crippen LogP contribution in [0.4, 0.5) is 0 Å². The molecule has 0 radical (unpaired) electrons. The van der Waals surface area contributed by atoms with E-state index < -0.39 is 22.1 Å². The van der Waals surface area contributed by atoms with Gasteiger partial charge in [0, 0.05) is 11.1 Å². The van der Waals surface area contributed by atoms with Gasteiger partial charge in [0.2, 0.25) is 0 Å². The van der Waals surface area contributed by atoms with Gasteiger partial charge in [0.15, 0.2) is 17.3 Å². The first-order valence-electron chi connectivity index (χ1n) is 11.9. The van der Waals surface area contributed by atoms with Crippen LogP contribution >= 0.6 is 0 Å². The van der Waals surface area contributed by atoms with Gasteiger partial charge in [-0.2, -0.15) is 8.42 Å². The Kier molecular flexibility index (Phi) is 10.7. The predicted molar refractivity (Wildman–Crippen MR) is 148 cm³/mol. The van der Waals surface area contributed by atoms with Crippen molar-refractivity contribution in [2.24, 2.45) is 0 Å². The lowest BCUT2D eigenvalue weighted by atomic mass is 10.1. The molecule has 0 saturated carbocycles. The van der Waals surface area contributed by atoms with Crippen molar-refractivity contribution in [1.82, 2.24) is 5.32 Å². The quantitative estimate of drug-likeness (QED) is 0.182. The first-order chi connectivity index (χ1) is 18.0. The molecular formula is C29H33NO8S. The summed E-state index contributed by atoms with van der Waals surface area (Å²) >= 11 is 0. The number of benzene rings is 3. The van der Waals surface area contributed by atoms with Gasteiger partial charge in [-0.3, -0.25) is 9.35 Å². The second-order valence-corrected chi connectivity index (χ2v) is 11.4. The summed E-state index contributed by atoms with van der Waals surface area (Å²) in [4.78, 5) is 38.1. The molecule has 3 rings (SSSR count). The highest BCUT2D eigenvalue weighted by atomic mass is 32.2. The van der Waals surface area contributed by atoms with E-state index in [-0.39, 0.29) is 29.4 Å². The maximum atomic E-state index is 12.7. The van der Waals surface area contributed by atoms with Gasteiger partial charge in [0.05, 0.1) is 23.9 Å². The fourth-order valence-corrected chi connectivity index (χ4v) is 2.99. The number of aryl methyl sites for hydroxylation is 2. The van der Waals surface area contributed by atoms with Crippen LogP contribution in [-0.2, 0) is 10.1 Å². The minimum atomic E-state index is -3.67. The lowest BCUT2D eigenvalue weighted by molar-refractivity contribution is 0.0682. The van der Waals surface area contributed by atoms with Gasteiger partial charge in [-0.05, 0) is 77.1 Å². The molecule has 0 fully saturated rings. The molecule has 0 aliphatic rings. The number of Topliss-reactive ketones (excluding diaryl/α,β-unsaturated/α-hetero) is 1. The van der Waals surface area contributed by atoms with E-state index >= 15 is 0 Å². The summed E-state index contributed by atoms with van der Waals surface area (Å²) in [6.45, 7) is 9.83. The van der Waals surface area contributed by atoms with E-state index in [2.05, 4.69) is 5.32 Å². The number of esters is 2. The Balaban J connectivity index is 0.000000976. The van der Waals surface area contributed by atoms with Crippen LogP contribution in [0, 0.1) is 13.8 Å². The highest BCUT2D eigenvalue weighted by Crippen LogP contribution is 2.30. The van der Waals surface area contributed by atoms with Crippen LogP contribution in [0.15, 0.2) is 66.7 Å². The zero-order valence-electron chi connectivity index (χ0n) is 22.8. The first kappa shape index (κ1) is 31.4. The van der Waals surface area contributed by atoms with Crippen molar-refractivity contribution >= 4 is 27.8 Å². The van der Waals surface area contributed by atoms with Crippen LogP contribution in [0.3, 0.4) is 0 Å². The monoisotopic (exact) mass is 555 g/mol. The summed E-state index contributed by atoms with van der Waals surface area (Å²) in [6.07, 6.45) is 0.715. The standard InChI is InChI=1S/C28H29NO5.CH4O3S/c1-18-6-10-20(11-7-18)26(31)33-24-15-14-22(23(30)17-29-28(3,4)5)16-25(24)34-27(32)21-12-8-19(2)9-13-21;1-5(2,3)4/h6-16,29H,17H2,1-5H3;1H3,(H,2,3,4). The number of hydrogen-bond donors (Lipinski definition) is 2. The molecule has 0 saturated heterocycles. The van der Waals surface area contributed by atoms with Crippen LogP contribution in [-0.4, -0.2) is 49.0 Å². The minimum Gasteiger partial charge on any atom is -0.419 e. The van der Waals surface area contributed by atoms with Gasteiger partial charge in [-0.25, -0.2) is 9.59 Å². The smallest absolute Gasteiger partial charge is 0.343 e. The number of ketones is 1. The largest absolute Gasteiger partial charge is 0.419 e. The van der Waals surface area contributed by atoms with Gasteiger partial charge >= 0.3 is 11.9 Å².